The Labute approximate surface area is 101 Å². The molecule has 1 aromatic carbocycles. The molecule has 4 nitrogen and oxygen atoms in total. The van der Waals surface area contributed by atoms with E-state index in [9.17, 15) is 15.0 Å². The smallest absolute Gasteiger partial charge is 0.159 e. The molecule has 1 atom stereocenters. The molecule has 2 N–H and O–H groups in total. The molecule has 1 unspecified atom stereocenters. The van der Waals surface area contributed by atoms with Gasteiger partial charge in [0.05, 0.1) is 6.10 Å². The van der Waals surface area contributed by atoms with E-state index >= 15 is 0 Å². The molecule has 94 valence electrons. The first kappa shape index (κ1) is 13.7. The fourth-order valence-electron chi connectivity index (χ4n) is 1.74. The highest BCUT2D eigenvalue weighted by Gasteiger charge is 2.09. The largest absolute Gasteiger partial charge is 0.508 e. The normalized spacial score (nSPS) is 12.8. The van der Waals surface area contributed by atoms with Crippen molar-refractivity contribution in [2.45, 2.75) is 26.5 Å². The predicted octanol–water partition coefficient (Wildman–Crippen LogP) is 1.41. The van der Waals surface area contributed by atoms with Gasteiger partial charge in [-0.15, -0.1) is 0 Å². The Balaban J connectivity index is 2.82. The molecule has 0 radical (unpaired) electrons. The Hall–Kier alpha value is -1.39. The van der Waals surface area contributed by atoms with E-state index in [2.05, 4.69) is 0 Å². The Kier molecular flexibility index (Phi) is 4.66. The van der Waals surface area contributed by atoms with Crippen molar-refractivity contribution in [2.75, 3.05) is 13.6 Å². The first-order chi connectivity index (χ1) is 7.90. The third kappa shape index (κ3) is 4.17. The molecule has 0 spiro atoms. The number of hydrogen-bond donors (Lipinski definition) is 2. The van der Waals surface area contributed by atoms with Gasteiger partial charge in [-0.05, 0) is 39.1 Å². The van der Waals surface area contributed by atoms with E-state index in [1.807, 2.05) is 11.9 Å². The summed E-state index contributed by atoms with van der Waals surface area (Å²) in [4.78, 5) is 13.1. The van der Waals surface area contributed by atoms with Crippen LogP contribution < -0.4 is 0 Å². The summed E-state index contributed by atoms with van der Waals surface area (Å²) in [5, 5.41) is 19.0. The number of carbonyl (C=O) groups is 1. The molecule has 17 heavy (non-hydrogen) atoms. The maximum atomic E-state index is 11.2. The van der Waals surface area contributed by atoms with Crippen LogP contribution in [0.15, 0.2) is 18.2 Å². The van der Waals surface area contributed by atoms with Crippen molar-refractivity contribution >= 4 is 5.78 Å². The molecule has 0 aliphatic carbocycles. The van der Waals surface area contributed by atoms with Crippen LogP contribution >= 0.6 is 0 Å². The Morgan fingerprint density at radius 1 is 1.47 bits per heavy atom. The molecule has 1 aromatic rings. The highest BCUT2D eigenvalue weighted by Crippen LogP contribution is 2.20. The van der Waals surface area contributed by atoms with Crippen LogP contribution in [-0.4, -0.2) is 40.6 Å². The number of ketones is 1. The van der Waals surface area contributed by atoms with Crippen LogP contribution in [0.5, 0.6) is 5.75 Å². The van der Waals surface area contributed by atoms with Gasteiger partial charge in [-0.1, -0.05) is 0 Å². The number of aliphatic hydroxyl groups excluding tert-OH is 1. The second kappa shape index (κ2) is 5.80. The van der Waals surface area contributed by atoms with Gasteiger partial charge in [0.2, 0.25) is 0 Å². The van der Waals surface area contributed by atoms with Crippen LogP contribution in [0.2, 0.25) is 0 Å². The van der Waals surface area contributed by atoms with Crippen molar-refractivity contribution < 1.29 is 15.0 Å². The summed E-state index contributed by atoms with van der Waals surface area (Å²) in [6.07, 6.45) is -0.418. The van der Waals surface area contributed by atoms with Crippen molar-refractivity contribution in [1.82, 2.24) is 4.90 Å². The first-order valence-corrected chi connectivity index (χ1v) is 5.59. The molecule has 4 heteroatoms. The minimum Gasteiger partial charge on any atom is -0.508 e. The minimum atomic E-state index is -0.418. The van der Waals surface area contributed by atoms with Gasteiger partial charge < -0.3 is 10.2 Å². The van der Waals surface area contributed by atoms with Crippen LogP contribution in [0.4, 0.5) is 0 Å². The zero-order valence-corrected chi connectivity index (χ0v) is 10.5. The monoisotopic (exact) mass is 237 g/mol. The van der Waals surface area contributed by atoms with Gasteiger partial charge in [0.1, 0.15) is 5.75 Å². The molecule has 0 amide bonds. The van der Waals surface area contributed by atoms with E-state index in [0.717, 1.165) is 0 Å². The van der Waals surface area contributed by atoms with E-state index in [4.69, 9.17) is 0 Å². The fourth-order valence-corrected chi connectivity index (χ4v) is 1.74. The first-order valence-electron chi connectivity index (χ1n) is 5.59. The molecule has 0 saturated heterocycles. The molecule has 0 aromatic heterocycles. The quantitative estimate of drug-likeness (QED) is 0.760. The average Bonchev–Trinajstić information content (AvgIpc) is 2.19. The number of benzene rings is 1. The zero-order chi connectivity index (χ0) is 13.0. The number of phenolic OH excluding ortho intramolecular Hbond substituents is 1. The molecule has 0 fully saturated rings. The number of hydrogen-bond acceptors (Lipinski definition) is 4. The summed E-state index contributed by atoms with van der Waals surface area (Å²) in [5.41, 5.74) is 1.28. The van der Waals surface area contributed by atoms with E-state index in [-0.39, 0.29) is 11.5 Å². The Bertz CT molecular complexity index is 402. The molecule has 0 heterocycles. The summed E-state index contributed by atoms with van der Waals surface area (Å²) < 4.78 is 0. The van der Waals surface area contributed by atoms with E-state index in [1.165, 1.54) is 13.0 Å². The number of carbonyl (C=O) groups excluding carboxylic acids is 1. The fraction of sp³-hybridized carbons (Fsp3) is 0.462. The summed E-state index contributed by atoms with van der Waals surface area (Å²) in [6.45, 7) is 4.22. The molecule has 0 bridgehead atoms. The summed E-state index contributed by atoms with van der Waals surface area (Å²) >= 11 is 0. The maximum absolute atomic E-state index is 11.2. The molecular formula is C13H19NO3. The van der Waals surface area contributed by atoms with E-state index < -0.39 is 6.10 Å². The molecular weight excluding hydrogens is 218 g/mol. The third-order valence-corrected chi connectivity index (χ3v) is 2.50. The van der Waals surface area contributed by atoms with Crippen LogP contribution in [0.1, 0.15) is 29.8 Å². The number of nitrogens with zero attached hydrogens (tertiary/aromatic N) is 1. The second-order valence-electron chi connectivity index (χ2n) is 4.45. The van der Waals surface area contributed by atoms with Crippen LogP contribution in [0.25, 0.3) is 0 Å². The number of Topliss-reactive ketones (excluding diaryl/α,β-unsaturated/α-hetero) is 1. The lowest BCUT2D eigenvalue weighted by Crippen LogP contribution is -2.26. The number of aliphatic hydroxyl groups is 1. The van der Waals surface area contributed by atoms with Gasteiger partial charge in [0, 0.05) is 24.2 Å². The molecule has 0 saturated carbocycles. The highest BCUT2D eigenvalue weighted by atomic mass is 16.3. The van der Waals surface area contributed by atoms with Crippen LogP contribution in [-0.2, 0) is 6.54 Å². The van der Waals surface area contributed by atoms with Crippen molar-refractivity contribution in [1.29, 1.82) is 0 Å². The van der Waals surface area contributed by atoms with Gasteiger partial charge in [-0.3, -0.25) is 9.69 Å². The van der Waals surface area contributed by atoms with Gasteiger partial charge in [-0.2, -0.15) is 0 Å². The lowest BCUT2D eigenvalue weighted by molar-refractivity contribution is 0.101. The Morgan fingerprint density at radius 3 is 2.65 bits per heavy atom. The number of rotatable bonds is 5. The van der Waals surface area contributed by atoms with Crippen molar-refractivity contribution in [3.05, 3.63) is 29.3 Å². The second-order valence-corrected chi connectivity index (χ2v) is 4.45. The van der Waals surface area contributed by atoms with E-state index in [0.29, 0.717) is 24.2 Å². The molecule has 1 rings (SSSR count). The lowest BCUT2D eigenvalue weighted by Gasteiger charge is -2.19. The predicted molar refractivity (Wildman–Crippen MR) is 66.1 cm³/mol. The number of likely N-dealkylation sites (N-methyl/N-ethyl adjacent to an activating group) is 1. The van der Waals surface area contributed by atoms with Crippen molar-refractivity contribution in [2.24, 2.45) is 0 Å². The van der Waals surface area contributed by atoms with Crippen molar-refractivity contribution in [3.8, 4) is 5.75 Å². The summed E-state index contributed by atoms with van der Waals surface area (Å²) in [5.74, 6) is 0.150. The summed E-state index contributed by atoms with van der Waals surface area (Å²) in [6, 6.07) is 4.83. The summed E-state index contributed by atoms with van der Waals surface area (Å²) in [7, 11) is 1.85. The van der Waals surface area contributed by atoms with Gasteiger partial charge >= 0.3 is 0 Å². The minimum absolute atomic E-state index is 0.0237. The molecule has 0 aliphatic rings. The zero-order valence-electron chi connectivity index (χ0n) is 10.5. The Morgan fingerprint density at radius 2 is 2.12 bits per heavy atom. The topological polar surface area (TPSA) is 60.8 Å². The maximum Gasteiger partial charge on any atom is 0.159 e. The number of aromatic hydroxyl groups is 1. The van der Waals surface area contributed by atoms with Gasteiger partial charge in [0.25, 0.3) is 0 Å². The third-order valence-electron chi connectivity index (χ3n) is 2.50. The van der Waals surface area contributed by atoms with Gasteiger partial charge in [-0.25, -0.2) is 0 Å². The SMILES string of the molecule is CC(=O)c1ccc(O)c(CN(C)CC(C)O)c1. The van der Waals surface area contributed by atoms with Crippen LogP contribution in [0, 0.1) is 0 Å². The van der Waals surface area contributed by atoms with E-state index in [1.54, 1.807) is 19.1 Å². The average molecular weight is 237 g/mol. The standard InChI is InChI=1S/C13H19NO3/c1-9(15)7-14(3)8-12-6-11(10(2)16)4-5-13(12)17/h4-6,9,15,17H,7-8H2,1-3H3. The van der Waals surface area contributed by atoms with Crippen molar-refractivity contribution in [3.63, 3.8) is 0 Å². The lowest BCUT2D eigenvalue weighted by atomic mass is 10.1. The molecule has 0 aliphatic heterocycles. The van der Waals surface area contributed by atoms with Gasteiger partial charge in [0.15, 0.2) is 5.78 Å². The highest BCUT2D eigenvalue weighted by molar-refractivity contribution is 5.94. The van der Waals surface area contributed by atoms with Crippen LogP contribution in [0.3, 0.4) is 0 Å². The number of phenols is 1.